The summed E-state index contributed by atoms with van der Waals surface area (Å²) in [5.41, 5.74) is 2.33. The lowest BCUT2D eigenvalue weighted by Crippen LogP contribution is -2.31. The highest BCUT2D eigenvalue weighted by atomic mass is 16.2. The van der Waals surface area contributed by atoms with Crippen LogP contribution in [0.4, 0.5) is 0 Å². The molecule has 0 saturated carbocycles. The summed E-state index contributed by atoms with van der Waals surface area (Å²) in [7, 11) is 1.83. The van der Waals surface area contributed by atoms with Crippen molar-refractivity contribution in [1.82, 2.24) is 24.9 Å². The van der Waals surface area contributed by atoms with Gasteiger partial charge in [0.25, 0.3) is 5.91 Å². The first kappa shape index (κ1) is 16.8. The number of hydrogen-bond donors (Lipinski definition) is 0. The Morgan fingerprint density at radius 3 is 2.76 bits per heavy atom. The van der Waals surface area contributed by atoms with Crippen LogP contribution in [-0.2, 0) is 0 Å². The molecular formula is C19H21N5O. The zero-order valence-corrected chi connectivity index (χ0v) is 14.4. The van der Waals surface area contributed by atoms with Crippen LogP contribution in [0.2, 0.25) is 0 Å². The summed E-state index contributed by atoms with van der Waals surface area (Å²) in [5, 5.41) is 7.79. The number of benzene rings is 1. The maximum atomic E-state index is 13.0. The second-order valence-electron chi connectivity index (χ2n) is 5.87. The van der Waals surface area contributed by atoms with E-state index in [1.54, 1.807) is 28.2 Å². The van der Waals surface area contributed by atoms with Crippen LogP contribution in [0, 0.1) is 0 Å². The van der Waals surface area contributed by atoms with Crippen molar-refractivity contribution >= 4 is 5.91 Å². The fourth-order valence-electron chi connectivity index (χ4n) is 2.86. The minimum atomic E-state index is -0.0475. The Morgan fingerprint density at radius 1 is 1.20 bits per heavy atom. The zero-order chi connectivity index (χ0) is 17.6. The van der Waals surface area contributed by atoms with Crippen LogP contribution in [0.3, 0.4) is 0 Å². The van der Waals surface area contributed by atoms with Gasteiger partial charge in [0.2, 0.25) is 0 Å². The second-order valence-corrected chi connectivity index (χ2v) is 5.87. The Bertz CT molecular complexity index is 817. The molecular weight excluding hydrogens is 314 g/mol. The van der Waals surface area contributed by atoms with Crippen LogP contribution in [-0.4, -0.2) is 37.8 Å². The fraction of sp³-hybridized carbons (Fsp3) is 0.263. The van der Waals surface area contributed by atoms with E-state index in [0.29, 0.717) is 5.56 Å². The average Bonchev–Trinajstić information content (AvgIpc) is 3.20. The average molecular weight is 335 g/mol. The molecule has 6 heteroatoms. The first-order chi connectivity index (χ1) is 12.2. The van der Waals surface area contributed by atoms with Crippen molar-refractivity contribution < 1.29 is 4.79 Å². The van der Waals surface area contributed by atoms with Gasteiger partial charge in [-0.1, -0.05) is 30.7 Å². The lowest BCUT2D eigenvalue weighted by atomic mass is 10.0. The van der Waals surface area contributed by atoms with Crippen LogP contribution in [0.5, 0.6) is 0 Å². The molecule has 0 fully saturated rings. The minimum Gasteiger partial charge on any atom is -0.333 e. The van der Waals surface area contributed by atoms with Crippen LogP contribution in [0.1, 0.15) is 41.9 Å². The molecule has 0 aliphatic rings. The molecule has 1 atom stereocenters. The Kier molecular flexibility index (Phi) is 5.18. The van der Waals surface area contributed by atoms with E-state index >= 15 is 0 Å². The molecule has 1 aromatic carbocycles. The number of amides is 1. The predicted molar refractivity (Wildman–Crippen MR) is 95.3 cm³/mol. The molecule has 0 radical (unpaired) electrons. The lowest BCUT2D eigenvalue weighted by Gasteiger charge is -2.28. The maximum Gasteiger partial charge on any atom is 0.254 e. The molecule has 2 heterocycles. The standard InChI is InChI=1S/C19H21N5O/c1-3-7-18(17-10-4-5-11-20-17)23(2)19(25)15-8-6-9-16(14-15)24-13-12-21-22-24/h4-6,8-14,18H,3,7H2,1-2H3. The summed E-state index contributed by atoms with van der Waals surface area (Å²) in [6, 6.07) is 13.2. The summed E-state index contributed by atoms with van der Waals surface area (Å²) in [5.74, 6) is -0.0360. The normalized spacial score (nSPS) is 11.9. The van der Waals surface area contributed by atoms with Gasteiger partial charge in [0.1, 0.15) is 0 Å². The van der Waals surface area contributed by atoms with Crippen molar-refractivity contribution in [3.8, 4) is 5.69 Å². The van der Waals surface area contributed by atoms with Crippen molar-refractivity contribution in [2.24, 2.45) is 0 Å². The van der Waals surface area contributed by atoms with Crippen LogP contribution in [0.25, 0.3) is 5.69 Å². The molecule has 0 saturated heterocycles. The van der Waals surface area contributed by atoms with E-state index in [9.17, 15) is 4.79 Å². The summed E-state index contributed by atoms with van der Waals surface area (Å²) >= 11 is 0. The van der Waals surface area contributed by atoms with Crippen molar-refractivity contribution in [2.45, 2.75) is 25.8 Å². The molecule has 0 N–H and O–H groups in total. The van der Waals surface area contributed by atoms with Crippen LogP contribution in [0.15, 0.2) is 61.1 Å². The predicted octanol–water partition coefficient (Wildman–Crippen LogP) is 3.28. The number of carbonyl (C=O) groups excluding carboxylic acids is 1. The van der Waals surface area contributed by atoms with Gasteiger partial charge in [0.15, 0.2) is 0 Å². The molecule has 1 amide bonds. The van der Waals surface area contributed by atoms with Crippen LogP contribution < -0.4 is 0 Å². The van der Waals surface area contributed by atoms with E-state index in [-0.39, 0.29) is 11.9 Å². The first-order valence-electron chi connectivity index (χ1n) is 8.35. The van der Waals surface area contributed by atoms with E-state index in [1.165, 1.54) is 0 Å². The van der Waals surface area contributed by atoms with Crippen molar-refractivity contribution in [1.29, 1.82) is 0 Å². The smallest absolute Gasteiger partial charge is 0.254 e. The highest BCUT2D eigenvalue weighted by Crippen LogP contribution is 2.24. The molecule has 0 aliphatic heterocycles. The summed E-state index contributed by atoms with van der Waals surface area (Å²) in [6.45, 7) is 2.11. The Labute approximate surface area is 147 Å². The number of aromatic nitrogens is 4. The lowest BCUT2D eigenvalue weighted by molar-refractivity contribution is 0.0718. The van der Waals surface area contributed by atoms with Gasteiger partial charge in [0.05, 0.1) is 29.8 Å². The summed E-state index contributed by atoms with van der Waals surface area (Å²) < 4.78 is 1.64. The number of nitrogens with zero attached hydrogens (tertiary/aromatic N) is 5. The van der Waals surface area contributed by atoms with E-state index in [4.69, 9.17) is 0 Å². The molecule has 3 rings (SSSR count). The van der Waals surface area contributed by atoms with E-state index in [2.05, 4.69) is 22.2 Å². The molecule has 25 heavy (non-hydrogen) atoms. The van der Waals surface area contributed by atoms with Crippen molar-refractivity contribution in [3.63, 3.8) is 0 Å². The highest BCUT2D eigenvalue weighted by molar-refractivity contribution is 5.94. The van der Waals surface area contributed by atoms with Crippen molar-refractivity contribution in [3.05, 3.63) is 72.3 Å². The SMILES string of the molecule is CCCC(c1ccccn1)N(C)C(=O)c1cccc(-n2ccnn2)c1. The zero-order valence-electron chi connectivity index (χ0n) is 14.4. The molecule has 6 nitrogen and oxygen atoms in total. The molecule has 0 aliphatic carbocycles. The maximum absolute atomic E-state index is 13.0. The van der Waals surface area contributed by atoms with Crippen molar-refractivity contribution in [2.75, 3.05) is 7.05 Å². The third kappa shape index (κ3) is 3.74. The van der Waals surface area contributed by atoms with Gasteiger partial charge in [-0.2, -0.15) is 0 Å². The van der Waals surface area contributed by atoms with E-state index < -0.39 is 0 Å². The molecule has 2 aromatic heterocycles. The number of rotatable bonds is 6. The second kappa shape index (κ2) is 7.70. The Balaban J connectivity index is 1.87. The molecule has 128 valence electrons. The van der Waals surface area contributed by atoms with Gasteiger partial charge >= 0.3 is 0 Å². The van der Waals surface area contributed by atoms with Gasteiger partial charge < -0.3 is 4.90 Å². The number of pyridine rings is 1. The van der Waals surface area contributed by atoms with Gasteiger partial charge in [-0.05, 0) is 36.8 Å². The van der Waals surface area contributed by atoms with Gasteiger partial charge in [0, 0.05) is 18.8 Å². The third-order valence-corrected chi connectivity index (χ3v) is 4.16. The van der Waals surface area contributed by atoms with E-state index in [0.717, 1.165) is 24.2 Å². The van der Waals surface area contributed by atoms with Gasteiger partial charge in [-0.3, -0.25) is 9.78 Å². The summed E-state index contributed by atoms with van der Waals surface area (Å²) in [6.07, 6.45) is 6.96. The monoisotopic (exact) mass is 335 g/mol. The van der Waals surface area contributed by atoms with E-state index in [1.807, 2.05) is 49.5 Å². The molecule has 3 aromatic rings. The highest BCUT2D eigenvalue weighted by Gasteiger charge is 2.23. The Hall–Kier alpha value is -3.02. The summed E-state index contributed by atoms with van der Waals surface area (Å²) in [4.78, 5) is 19.2. The third-order valence-electron chi connectivity index (χ3n) is 4.16. The molecule has 1 unspecified atom stereocenters. The first-order valence-corrected chi connectivity index (χ1v) is 8.35. The van der Waals surface area contributed by atoms with Gasteiger partial charge in [-0.25, -0.2) is 4.68 Å². The number of carbonyl (C=O) groups is 1. The minimum absolute atomic E-state index is 0.0360. The largest absolute Gasteiger partial charge is 0.333 e. The Morgan fingerprint density at radius 2 is 2.08 bits per heavy atom. The number of hydrogen-bond acceptors (Lipinski definition) is 4. The quantitative estimate of drug-likeness (QED) is 0.693. The topological polar surface area (TPSA) is 63.9 Å². The fourth-order valence-corrected chi connectivity index (χ4v) is 2.86. The molecule has 0 spiro atoms. The molecule has 0 bridgehead atoms. The van der Waals surface area contributed by atoms with Crippen LogP contribution >= 0.6 is 0 Å². The van der Waals surface area contributed by atoms with Gasteiger partial charge in [-0.15, -0.1) is 5.10 Å².